The van der Waals surface area contributed by atoms with E-state index >= 15 is 0 Å². The Morgan fingerprint density at radius 1 is 1.31 bits per heavy atom. The lowest BCUT2D eigenvalue weighted by Crippen LogP contribution is -2.53. The van der Waals surface area contributed by atoms with Crippen molar-refractivity contribution in [2.75, 3.05) is 19.7 Å². The number of hydrogen-bond acceptors (Lipinski definition) is 6. The van der Waals surface area contributed by atoms with E-state index in [2.05, 4.69) is 10.3 Å². The van der Waals surface area contributed by atoms with Gasteiger partial charge in [0, 0.05) is 38.0 Å². The molecule has 1 aromatic heterocycles. The number of carbonyl (C=O) groups is 2. The van der Waals surface area contributed by atoms with E-state index in [0.717, 1.165) is 5.69 Å². The summed E-state index contributed by atoms with van der Waals surface area (Å²) < 4.78 is 16.9. The third kappa shape index (κ3) is 5.10. The predicted octanol–water partition coefficient (Wildman–Crippen LogP) is 3.73. The minimum Gasteiger partial charge on any atom is -0.485 e. The Morgan fingerprint density at radius 2 is 2.00 bits per heavy atom. The average Bonchev–Trinajstić information content (AvgIpc) is 2.61. The van der Waals surface area contributed by atoms with Crippen LogP contribution in [0, 0.1) is 6.92 Å². The highest BCUT2D eigenvalue weighted by atomic mass is 16.6. The zero-order chi connectivity index (χ0) is 21.2. The number of hydrogen-bond donors (Lipinski definition) is 1. The van der Waals surface area contributed by atoms with Gasteiger partial charge in [0.05, 0.1) is 12.6 Å². The molecule has 1 fully saturated rings. The number of piperidine rings is 1. The van der Waals surface area contributed by atoms with Crippen LogP contribution in [0.2, 0.25) is 0 Å². The van der Waals surface area contributed by atoms with Gasteiger partial charge in [-0.25, -0.2) is 9.59 Å². The monoisotopic (exact) mass is 405 g/mol. The van der Waals surface area contributed by atoms with Crippen LogP contribution in [0.1, 0.15) is 64.4 Å². The van der Waals surface area contributed by atoms with Crippen molar-refractivity contribution in [1.82, 2.24) is 15.2 Å². The molecular formula is C21H31N3O5. The van der Waals surface area contributed by atoms with E-state index in [1.165, 1.54) is 0 Å². The quantitative estimate of drug-likeness (QED) is 0.806. The summed E-state index contributed by atoms with van der Waals surface area (Å²) in [5.74, 6) is 0.674. The number of rotatable bonds is 2. The summed E-state index contributed by atoms with van der Waals surface area (Å²) in [6.07, 6.45) is 1.13. The summed E-state index contributed by atoms with van der Waals surface area (Å²) in [5, 5.41) is 2.98. The molecule has 3 heterocycles. The minimum absolute atomic E-state index is 0.292. The Hall–Kier alpha value is -2.51. The number of fused-ring (bicyclic) bond motifs is 1. The zero-order valence-electron chi connectivity index (χ0n) is 17.9. The van der Waals surface area contributed by atoms with E-state index in [1.807, 2.05) is 39.8 Å². The molecule has 1 saturated heterocycles. The van der Waals surface area contributed by atoms with Crippen LogP contribution in [0.4, 0.5) is 9.59 Å². The molecule has 0 aliphatic carbocycles. The summed E-state index contributed by atoms with van der Waals surface area (Å²) in [6, 6.07) is 3.48. The van der Waals surface area contributed by atoms with Gasteiger partial charge in [0.2, 0.25) is 0 Å². The van der Waals surface area contributed by atoms with Crippen molar-refractivity contribution < 1.29 is 23.8 Å². The average molecular weight is 405 g/mol. The highest BCUT2D eigenvalue weighted by Gasteiger charge is 2.45. The van der Waals surface area contributed by atoms with E-state index in [1.54, 1.807) is 11.8 Å². The predicted molar refractivity (Wildman–Crippen MR) is 107 cm³/mol. The fraction of sp³-hybridized carbons (Fsp3) is 0.667. The van der Waals surface area contributed by atoms with Crippen molar-refractivity contribution in [2.45, 2.75) is 71.1 Å². The smallest absolute Gasteiger partial charge is 0.409 e. The van der Waals surface area contributed by atoms with Crippen LogP contribution in [-0.4, -0.2) is 53.0 Å². The lowest BCUT2D eigenvalue weighted by Gasteiger charge is -2.46. The molecule has 0 aromatic carbocycles. The molecule has 2 amide bonds. The summed E-state index contributed by atoms with van der Waals surface area (Å²) in [7, 11) is 0. The second-order valence-corrected chi connectivity index (χ2v) is 8.71. The molecule has 3 rings (SSSR count). The number of aryl methyl sites for hydroxylation is 1. The van der Waals surface area contributed by atoms with Crippen molar-refractivity contribution in [3.05, 3.63) is 23.5 Å². The van der Waals surface area contributed by atoms with E-state index < -0.39 is 17.3 Å². The first-order valence-corrected chi connectivity index (χ1v) is 10.2. The molecule has 0 unspecified atom stereocenters. The molecule has 29 heavy (non-hydrogen) atoms. The standard InChI is InChI=1S/C21H31N3O5/c1-6-27-19(26)24-11-9-21(10-12-24)13-15(23-18(25)29-20(3,4)5)17-16(28-21)8-7-14(2)22-17/h7-8,15H,6,9-13H2,1-5H3,(H,23,25)/t15-/m0/s1. The number of nitrogens with one attached hydrogen (secondary N) is 1. The second kappa shape index (κ2) is 8.08. The maximum Gasteiger partial charge on any atom is 0.409 e. The van der Waals surface area contributed by atoms with Crippen LogP contribution < -0.4 is 10.1 Å². The molecular weight excluding hydrogens is 374 g/mol. The lowest BCUT2D eigenvalue weighted by molar-refractivity contribution is -0.0263. The summed E-state index contributed by atoms with van der Waals surface area (Å²) in [5.41, 5.74) is 0.527. The van der Waals surface area contributed by atoms with E-state index in [-0.39, 0.29) is 12.1 Å². The fourth-order valence-electron chi connectivity index (χ4n) is 3.83. The van der Waals surface area contributed by atoms with Crippen LogP contribution in [0.25, 0.3) is 0 Å². The maximum atomic E-state index is 12.4. The summed E-state index contributed by atoms with van der Waals surface area (Å²) >= 11 is 0. The van der Waals surface area contributed by atoms with Crippen LogP contribution in [-0.2, 0) is 9.47 Å². The topological polar surface area (TPSA) is 90.0 Å². The molecule has 1 N–H and O–H groups in total. The van der Waals surface area contributed by atoms with E-state index in [0.29, 0.717) is 50.4 Å². The molecule has 1 spiro atoms. The SMILES string of the molecule is CCOC(=O)N1CCC2(CC1)C[C@H](NC(=O)OC(C)(C)C)c1nc(C)ccc1O2. The molecule has 8 nitrogen and oxygen atoms in total. The number of carbonyl (C=O) groups excluding carboxylic acids is 2. The van der Waals surface area contributed by atoms with Gasteiger partial charge in [-0.15, -0.1) is 0 Å². The number of amides is 2. The van der Waals surface area contributed by atoms with Crippen molar-refractivity contribution in [3.63, 3.8) is 0 Å². The van der Waals surface area contributed by atoms with Gasteiger partial charge in [-0.1, -0.05) is 0 Å². The first-order valence-electron chi connectivity index (χ1n) is 10.2. The highest BCUT2D eigenvalue weighted by molar-refractivity contribution is 5.69. The maximum absolute atomic E-state index is 12.4. The third-order valence-corrected chi connectivity index (χ3v) is 5.15. The number of aromatic nitrogens is 1. The molecule has 0 saturated carbocycles. The number of likely N-dealkylation sites (tertiary alicyclic amines) is 1. The minimum atomic E-state index is -0.583. The largest absolute Gasteiger partial charge is 0.485 e. The Kier molecular flexibility index (Phi) is 5.91. The van der Waals surface area contributed by atoms with Crippen molar-refractivity contribution in [1.29, 1.82) is 0 Å². The number of ether oxygens (including phenoxy) is 3. The van der Waals surface area contributed by atoms with Gasteiger partial charge in [0.25, 0.3) is 0 Å². The van der Waals surface area contributed by atoms with Crippen molar-refractivity contribution >= 4 is 12.2 Å². The van der Waals surface area contributed by atoms with Crippen molar-refractivity contribution in [2.24, 2.45) is 0 Å². The van der Waals surface area contributed by atoms with E-state index in [4.69, 9.17) is 14.2 Å². The van der Waals surface area contributed by atoms with E-state index in [9.17, 15) is 9.59 Å². The first-order chi connectivity index (χ1) is 13.6. The van der Waals surface area contributed by atoms with Crippen LogP contribution in [0.15, 0.2) is 12.1 Å². The normalized spacial score (nSPS) is 20.4. The molecule has 2 aliphatic rings. The lowest BCUT2D eigenvalue weighted by atomic mass is 9.82. The fourth-order valence-corrected chi connectivity index (χ4v) is 3.83. The van der Waals surface area contributed by atoms with Gasteiger partial charge in [-0.05, 0) is 46.8 Å². The third-order valence-electron chi connectivity index (χ3n) is 5.15. The molecule has 1 aromatic rings. The molecule has 8 heteroatoms. The van der Waals surface area contributed by atoms with Gasteiger partial charge in [0.15, 0.2) is 0 Å². The molecule has 2 aliphatic heterocycles. The zero-order valence-corrected chi connectivity index (χ0v) is 17.9. The number of pyridine rings is 1. The Bertz CT molecular complexity index is 766. The van der Waals surface area contributed by atoms with Gasteiger partial charge in [0.1, 0.15) is 22.6 Å². The Balaban J connectivity index is 1.78. The second-order valence-electron chi connectivity index (χ2n) is 8.71. The molecule has 160 valence electrons. The molecule has 1 atom stereocenters. The van der Waals surface area contributed by atoms with Crippen LogP contribution in [0.3, 0.4) is 0 Å². The van der Waals surface area contributed by atoms with Gasteiger partial charge in [-0.3, -0.25) is 4.98 Å². The highest BCUT2D eigenvalue weighted by Crippen LogP contribution is 2.43. The van der Waals surface area contributed by atoms with Crippen molar-refractivity contribution in [3.8, 4) is 5.75 Å². The first kappa shape index (κ1) is 21.2. The number of nitrogens with zero attached hydrogens (tertiary/aromatic N) is 2. The summed E-state index contributed by atoms with van der Waals surface area (Å²) in [6.45, 7) is 10.7. The summed E-state index contributed by atoms with van der Waals surface area (Å²) in [4.78, 5) is 30.8. The number of alkyl carbamates (subject to hydrolysis) is 1. The van der Waals surface area contributed by atoms with Crippen LogP contribution in [0.5, 0.6) is 5.75 Å². The van der Waals surface area contributed by atoms with Gasteiger partial charge < -0.3 is 24.4 Å². The molecule has 0 bridgehead atoms. The van der Waals surface area contributed by atoms with Gasteiger partial charge in [-0.2, -0.15) is 0 Å². The van der Waals surface area contributed by atoms with Crippen LogP contribution >= 0.6 is 0 Å². The Labute approximate surface area is 171 Å². The van der Waals surface area contributed by atoms with Gasteiger partial charge >= 0.3 is 12.2 Å². The molecule has 0 radical (unpaired) electrons. The Morgan fingerprint density at radius 3 is 2.62 bits per heavy atom.